The smallest absolute Gasteiger partial charge is 0.333 e. The lowest BCUT2D eigenvalue weighted by Gasteiger charge is -2.26. The molecule has 9 nitrogen and oxygen atoms in total. The molecule has 1 saturated heterocycles. The Bertz CT molecular complexity index is 921. The average Bonchev–Trinajstić information content (AvgIpc) is 3.13. The van der Waals surface area contributed by atoms with E-state index >= 15 is 0 Å². The summed E-state index contributed by atoms with van der Waals surface area (Å²) in [5, 5.41) is 6.11. The number of carbonyl (C=O) groups excluding carboxylic acids is 1. The topological polar surface area (TPSA) is 95.6 Å². The van der Waals surface area contributed by atoms with E-state index in [1.165, 1.54) is 24.8 Å². The Morgan fingerprint density at radius 3 is 2.88 bits per heavy atom. The first-order chi connectivity index (χ1) is 12.2. The highest BCUT2D eigenvalue weighted by molar-refractivity contribution is 5.70. The van der Waals surface area contributed by atoms with Crippen LogP contribution >= 0.6 is 0 Å². The highest BCUT2D eigenvalue weighted by atomic mass is 19.3. The van der Waals surface area contributed by atoms with Crippen LogP contribution in [0.5, 0.6) is 5.75 Å². The third-order valence-corrected chi connectivity index (χ3v) is 3.64. The fraction of sp³-hybridized carbons (Fsp3) is 0.286. The van der Waals surface area contributed by atoms with Crippen LogP contribution in [-0.4, -0.2) is 49.9 Å². The standard InChI is InChI=1S/C14H12F2N6O3/c15-14(16)22-13(10(1-19-22)25-8-5-24-6-8)9-3-21-4-11(18-7-23)20-12(21)2-17-9/h1-4,7-8,14H,5-6H2,(H,18,23). The van der Waals surface area contributed by atoms with E-state index < -0.39 is 6.55 Å². The van der Waals surface area contributed by atoms with Crippen LogP contribution in [0.2, 0.25) is 0 Å². The molecule has 1 fully saturated rings. The predicted molar refractivity (Wildman–Crippen MR) is 80.4 cm³/mol. The molecule has 0 aromatic carbocycles. The molecular weight excluding hydrogens is 338 g/mol. The van der Waals surface area contributed by atoms with E-state index in [4.69, 9.17) is 9.47 Å². The van der Waals surface area contributed by atoms with Gasteiger partial charge in [0.2, 0.25) is 6.41 Å². The molecular formula is C14H12F2N6O3. The third-order valence-electron chi connectivity index (χ3n) is 3.64. The minimum Gasteiger partial charge on any atom is -0.482 e. The summed E-state index contributed by atoms with van der Waals surface area (Å²) >= 11 is 0. The molecule has 1 aliphatic heterocycles. The maximum atomic E-state index is 13.3. The molecule has 0 saturated carbocycles. The van der Waals surface area contributed by atoms with Gasteiger partial charge in [-0.25, -0.2) is 9.97 Å². The molecule has 3 aromatic heterocycles. The van der Waals surface area contributed by atoms with Crippen LogP contribution in [0.3, 0.4) is 0 Å². The molecule has 4 rings (SSSR count). The number of nitrogens with one attached hydrogen (secondary N) is 1. The fourth-order valence-corrected chi connectivity index (χ4v) is 2.44. The first-order valence-electron chi connectivity index (χ1n) is 7.31. The van der Waals surface area contributed by atoms with Crippen molar-refractivity contribution in [3.63, 3.8) is 0 Å². The lowest BCUT2D eigenvalue weighted by molar-refractivity contribution is -0.105. The van der Waals surface area contributed by atoms with E-state index in [9.17, 15) is 13.6 Å². The van der Waals surface area contributed by atoms with Crippen molar-refractivity contribution in [3.05, 3.63) is 24.8 Å². The lowest BCUT2D eigenvalue weighted by atomic mass is 10.2. The highest BCUT2D eigenvalue weighted by Crippen LogP contribution is 2.33. The molecule has 0 atom stereocenters. The summed E-state index contributed by atoms with van der Waals surface area (Å²) in [4.78, 5) is 18.8. The summed E-state index contributed by atoms with van der Waals surface area (Å²) in [7, 11) is 0. The van der Waals surface area contributed by atoms with Gasteiger partial charge in [0, 0.05) is 6.20 Å². The first kappa shape index (κ1) is 15.4. The predicted octanol–water partition coefficient (Wildman–Crippen LogP) is 1.33. The molecule has 0 spiro atoms. The van der Waals surface area contributed by atoms with Gasteiger partial charge < -0.3 is 19.2 Å². The largest absolute Gasteiger partial charge is 0.482 e. The molecule has 0 unspecified atom stereocenters. The Morgan fingerprint density at radius 2 is 2.20 bits per heavy atom. The van der Waals surface area contributed by atoms with Crippen LogP contribution in [0.25, 0.3) is 17.0 Å². The quantitative estimate of drug-likeness (QED) is 0.674. The molecule has 0 radical (unpaired) electrons. The van der Waals surface area contributed by atoms with Crippen LogP contribution in [0.1, 0.15) is 6.55 Å². The second-order valence-corrected chi connectivity index (χ2v) is 5.28. The number of aromatic nitrogens is 5. The monoisotopic (exact) mass is 350 g/mol. The van der Waals surface area contributed by atoms with Crippen LogP contribution in [-0.2, 0) is 9.53 Å². The van der Waals surface area contributed by atoms with Gasteiger partial charge in [-0.3, -0.25) is 4.79 Å². The molecule has 25 heavy (non-hydrogen) atoms. The number of imidazole rings is 1. The van der Waals surface area contributed by atoms with Crippen LogP contribution in [0, 0.1) is 0 Å². The van der Waals surface area contributed by atoms with Crippen molar-refractivity contribution in [2.24, 2.45) is 0 Å². The number of nitrogens with zero attached hydrogens (tertiary/aromatic N) is 5. The number of halogens is 2. The number of ether oxygens (including phenoxy) is 2. The summed E-state index contributed by atoms with van der Waals surface area (Å²) in [5.74, 6) is 0.520. The zero-order valence-corrected chi connectivity index (χ0v) is 12.7. The van der Waals surface area contributed by atoms with Crippen molar-refractivity contribution in [1.29, 1.82) is 0 Å². The molecule has 1 N–H and O–H groups in total. The van der Waals surface area contributed by atoms with Crippen LogP contribution in [0.15, 0.2) is 24.8 Å². The third kappa shape index (κ3) is 2.78. The second-order valence-electron chi connectivity index (χ2n) is 5.28. The van der Waals surface area contributed by atoms with Gasteiger partial charge in [0.15, 0.2) is 17.2 Å². The summed E-state index contributed by atoms with van der Waals surface area (Å²) in [6.45, 7) is -2.06. The number of anilines is 1. The van der Waals surface area contributed by atoms with Crippen molar-refractivity contribution in [1.82, 2.24) is 24.1 Å². The van der Waals surface area contributed by atoms with Crippen molar-refractivity contribution < 1.29 is 23.0 Å². The van der Waals surface area contributed by atoms with E-state index in [1.54, 1.807) is 4.40 Å². The Labute approximate surface area is 139 Å². The number of alkyl halides is 2. The Balaban J connectivity index is 1.77. The Morgan fingerprint density at radius 1 is 1.36 bits per heavy atom. The second kappa shape index (κ2) is 6.09. The zero-order valence-electron chi connectivity index (χ0n) is 12.7. The van der Waals surface area contributed by atoms with Gasteiger partial charge in [-0.15, -0.1) is 0 Å². The van der Waals surface area contributed by atoms with E-state index in [1.807, 2.05) is 0 Å². The highest BCUT2D eigenvalue weighted by Gasteiger charge is 2.26. The summed E-state index contributed by atoms with van der Waals surface area (Å²) in [6.07, 6.45) is 5.99. The van der Waals surface area contributed by atoms with Gasteiger partial charge in [0.05, 0.1) is 31.8 Å². The minimum absolute atomic E-state index is 0.0578. The van der Waals surface area contributed by atoms with Crippen molar-refractivity contribution >= 4 is 17.9 Å². The van der Waals surface area contributed by atoms with Gasteiger partial charge in [-0.1, -0.05) is 0 Å². The first-order valence-corrected chi connectivity index (χ1v) is 7.31. The van der Waals surface area contributed by atoms with Gasteiger partial charge in [-0.05, 0) is 0 Å². The number of rotatable bonds is 6. The van der Waals surface area contributed by atoms with E-state index in [-0.39, 0.29) is 23.2 Å². The molecule has 0 aliphatic carbocycles. The fourth-order valence-electron chi connectivity index (χ4n) is 2.44. The molecule has 1 aliphatic rings. The summed E-state index contributed by atoms with van der Waals surface area (Å²) < 4.78 is 39.4. The van der Waals surface area contributed by atoms with E-state index in [0.29, 0.717) is 35.8 Å². The minimum atomic E-state index is -2.85. The zero-order chi connectivity index (χ0) is 17.4. The maximum Gasteiger partial charge on any atom is 0.333 e. The van der Waals surface area contributed by atoms with Crippen LogP contribution in [0.4, 0.5) is 14.6 Å². The van der Waals surface area contributed by atoms with Crippen molar-refractivity contribution in [2.45, 2.75) is 12.7 Å². The maximum absolute atomic E-state index is 13.3. The van der Waals surface area contributed by atoms with Gasteiger partial charge >= 0.3 is 6.55 Å². The summed E-state index contributed by atoms with van der Waals surface area (Å²) in [5.41, 5.74) is 0.740. The normalized spacial score (nSPS) is 14.7. The van der Waals surface area contributed by atoms with E-state index in [0.717, 1.165) is 0 Å². The summed E-state index contributed by atoms with van der Waals surface area (Å²) in [6, 6.07) is 0. The van der Waals surface area contributed by atoms with Crippen LogP contribution < -0.4 is 10.1 Å². The number of amides is 1. The number of fused-ring (bicyclic) bond motifs is 1. The number of hydrogen-bond donors (Lipinski definition) is 1. The van der Waals surface area contributed by atoms with Gasteiger partial charge in [-0.2, -0.15) is 18.6 Å². The molecule has 4 heterocycles. The lowest BCUT2D eigenvalue weighted by Crippen LogP contribution is -2.38. The molecule has 0 bridgehead atoms. The van der Waals surface area contributed by atoms with Crippen molar-refractivity contribution in [3.8, 4) is 17.1 Å². The number of carbonyl (C=O) groups is 1. The molecule has 130 valence electrons. The van der Waals surface area contributed by atoms with Crippen molar-refractivity contribution in [2.75, 3.05) is 18.5 Å². The Kier molecular flexibility index (Phi) is 3.76. The molecule has 3 aromatic rings. The SMILES string of the molecule is O=CNc1cn2cc(-c3c(OC4COC4)cnn3C(F)F)ncc2n1. The molecule has 11 heteroatoms. The molecule has 1 amide bonds. The number of hydrogen-bond acceptors (Lipinski definition) is 6. The van der Waals surface area contributed by atoms with Gasteiger partial charge in [0.25, 0.3) is 0 Å². The average molecular weight is 350 g/mol. The van der Waals surface area contributed by atoms with Gasteiger partial charge in [0.1, 0.15) is 17.5 Å². The Hall–Kier alpha value is -3.08. The van der Waals surface area contributed by atoms with E-state index in [2.05, 4.69) is 20.4 Å².